The molecule has 180 valence electrons. The molecule has 0 aliphatic rings. The zero-order valence-electron chi connectivity index (χ0n) is 19.9. The van der Waals surface area contributed by atoms with E-state index in [0.29, 0.717) is 5.82 Å². The molecule has 0 bridgehead atoms. The maximum absolute atomic E-state index is 14.2. The molecule has 6 heteroatoms. The van der Waals surface area contributed by atoms with Crippen LogP contribution < -0.4 is 26.8 Å². The van der Waals surface area contributed by atoms with Crippen LogP contribution in [0.2, 0.25) is 0 Å². The van der Waals surface area contributed by atoms with Crippen LogP contribution in [0.3, 0.4) is 0 Å². The molecule has 36 heavy (non-hydrogen) atoms. The Hall–Kier alpha value is -2.73. The van der Waals surface area contributed by atoms with Gasteiger partial charge >= 0.3 is 0 Å². The topological polar surface area (TPSA) is 45.8 Å². The van der Waals surface area contributed by atoms with E-state index in [9.17, 15) is 4.79 Å². The van der Waals surface area contributed by atoms with E-state index < -0.39 is 7.26 Å². The van der Waals surface area contributed by atoms with Crippen molar-refractivity contribution in [2.45, 2.75) is 11.9 Å². The highest BCUT2D eigenvalue weighted by molar-refractivity contribution is 14.0. The predicted molar refractivity (Wildman–Crippen MR) is 167 cm³/mol. The Bertz CT molecular complexity index is 1370. The minimum Gasteiger partial charge on any atom is -0.303 e. The molecule has 0 aliphatic heterocycles. The molecule has 0 aliphatic carbocycles. The van der Waals surface area contributed by atoms with Crippen LogP contribution >= 0.6 is 43.0 Å². The van der Waals surface area contributed by atoms with Gasteiger partial charge in [0, 0.05) is 5.56 Å². The number of aromatic nitrogens is 2. The Kier molecular flexibility index (Phi) is 8.78. The first-order chi connectivity index (χ1) is 17.2. The number of hydrogen-bond donors (Lipinski definition) is 1. The molecule has 0 radical (unpaired) electrons. The lowest BCUT2D eigenvalue weighted by molar-refractivity contribution is 1.05. The van der Waals surface area contributed by atoms with Gasteiger partial charge in [0.25, 0.3) is 5.56 Å². The van der Waals surface area contributed by atoms with E-state index in [1.54, 1.807) is 11.8 Å². The number of H-pyrrole nitrogens is 1. The van der Waals surface area contributed by atoms with Gasteiger partial charge in [0.2, 0.25) is 5.30 Å². The minimum absolute atomic E-state index is 0. The monoisotopic (exact) mass is 621 g/mol. The van der Waals surface area contributed by atoms with Crippen molar-refractivity contribution in [1.82, 2.24) is 9.97 Å². The second kappa shape index (κ2) is 12.0. The van der Waals surface area contributed by atoms with Gasteiger partial charge in [0.1, 0.15) is 26.8 Å². The fraction of sp³-hybridized carbons (Fsp3) is 0.0667. The van der Waals surface area contributed by atoms with E-state index in [4.69, 9.17) is 4.98 Å². The quantitative estimate of drug-likeness (QED) is 0.108. The number of halogens is 1. The third-order valence-electron chi connectivity index (χ3n) is 5.96. The molecule has 0 unspecified atom stereocenters. The number of nitrogens with zero attached hydrogens (tertiary/aromatic N) is 1. The summed E-state index contributed by atoms with van der Waals surface area (Å²) in [6, 6.07) is 41.2. The molecule has 1 N–H and O–H groups in total. The molecule has 1 heterocycles. The third kappa shape index (κ3) is 4.93. The van der Waals surface area contributed by atoms with E-state index in [0.717, 1.165) is 37.6 Å². The van der Waals surface area contributed by atoms with Crippen molar-refractivity contribution in [3.05, 3.63) is 132 Å². The van der Waals surface area contributed by atoms with E-state index in [-0.39, 0.29) is 29.5 Å². The summed E-state index contributed by atoms with van der Waals surface area (Å²) >= 11 is 1.63. The first-order valence-electron chi connectivity index (χ1n) is 11.6. The first kappa shape index (κ1) is 26.3. The van der Waals surface area contributed by atoms with Crippen LogP contribution in [-0.4, -0.2) is 15.7 Å². The SMILES string of the molecule is CCSc1nc(-c2ccccc2)[nH]c(=O)c1[P+](c1ccccc1)(c1ccccc1)c1ccccc1.I. The summed E-state index contributed by atoms with van der Waals surface area (Å²) in [5.74, 6) is 1.42. The van der Waals surface area contributed by atoms with Crippen LogP contribution in [0.5, 0.6) is 0 Å². The molecule has 0 fully saturated rings. The maximum Gasteiger partial charge on any atom is 0.296 e. The van der Waals surface area contributed by atoms with Crippen LogP contribution in [-0.2, 0) is 0 Å². The molecule has 0 saturated heterocycles. The van der Waals surface area contributed by atoms with Gasteiger partial charge in [-0.25, -0.2) is 4.98 Å². The summed E-state index contributed by atoms with van der Waals surface area (Å²) in [4.78, 5) is 22.4. The lowest BCUT2D eigenvalue weighted by Gasteiger charge is -2.27. The normalized spacial score (nSPS) is 11.0. The molecule has 1 aromatic heterocycles. The Labute approximate surface area is 233 Å². The van der Waals surface area contributed by atoms with Gasteiger partial charge in [0.05, 0.1) is 0 Å². The molecule has 0 spiro atoms. The molecule has 0 saturated carbocycles. The van der Waals surface area contributed by atoms with Crippen LogP contribution in [0.25, 0.3) is 11.4 Å². The molecule has 4 aromatic carbocycles. The minimum atomic E-state index is -2.55. The Morgan fingerprint density at radius 3 is 1.53 bits per heavy atom. The molecular formula is C30H27IN2OPS+. The highest BCUT2D eigenvalue weighted by atomic mass is 127. The maximum atomic E-state index is 14.2. The third-order valence-corrected chi connectivity index (χ3v) is 11.3. The Morgan fingerprint density at radius 1 is 0.694 bits per heavy atom. The highest BCUT2D eigenvalue weighted by Gasteiger charge is 2.52. The lowest BCUT2D eigenvalue weighted by atomic mass is 10.2. The van der Waals surface area contributed by atoms with Crippen molar-refractivity contribution in [2.75, 3.05) is 5.75 Å². The van der Waals surface area contributed by atoms with E-state index in [2.05, 4.69) is 84.7 Å². The molecule has 5 rings (SSSR count). The number of thioether (sulfide) groups is 1. The summed E-state index contributed by atoms with van der Waals surface area (Å²) < 4.78 is 0. The lowest BCUT2D eigenvalue weighted by Crippen LogP contribution is -2.46. The molecule has 0 atom stereocenters. The van der Waals surface area contributed by atoms with Gasteiger partial charge in [-0.3, -0.25) is 4.79 Å². The first-order valence-corrected chi connectivity index (χ1v) is 14.4. The van der Waals surface area contributed by atoms with Gasteiger partial charge in [-0.15, -0.1) is 35.7 Å². The standard InChI is InChI=1S/C30H25N2OPS.HI/c1-2-35-30-27(29(33)31-28(32-30)23-15-7-3-8-16-23)34(24-17-9-4-10-18-24,25-19-11-5-12-20-25)26-21-13-6-14-22-26;/h3-22H,2H2,1H3;1H/p+1. The summed E-state index contributed by atoms with van der Waals surface area (Å²) in [7, 11) is -2.55. The average Bonchev–Trinajstić information content (AvgIpc) is 2.93. The fourth-order valence-electron chi connectivity index (χ4n) is 4.50. The van der Waals surface area contributed by atoms with Crippen LogP contribution in [0.4, 0.5) is 0 Å². The molecule has 0 amide bonds. The molecule has 3 nitrogen and oxygen atoms in total. The van der Waals surface area contributed by atoms with Crippen LogP contribution in [0, 0.1) is 0 Å². The number of hydrogen-bond acceptors (Lipinski definition) is 3. The number of nitrogens with one attached hydrogen (secondary N) is 1. The Balaban J connectivity index is 0.00000304. The fourth-order valence-corrected chi connectivity index (χ4v) is 9.99. The van der Waals surface area contributed by atoms with E-state index >= 15 is 0 Å². The smallest absolute Gasteiger partial charge is 0.296 e. The Morgan fingerprint density at radius 2 is 1.11 bits per heavy atom. The molecule has 5 aromatic rings. The van der Waals surface area contributed by atoms with Crippen molar-refractivity contribution < 1.29 is 0 Å². The van der Waals surface area contributed by atoms with Crippen molar-refractivity contribution in [1.29, 1.82) is 0 Å². The van der Waals surface area contributed by atoms with Crippen LogP contribution in [0.1, 0.15) is 6.92 Å². The summed E-state index contributed by atoms with van der Waals surface area (Å²) in [6.45, 7) is 2.10. The van der Waals surface area contributed by atoms with Crippen LogP contribution in [0.15, 0.2) is 131 Å². The second-order valence-corrected chi connectivity index (χ2v) is 12.6. The second-order valence-electron chi connectivity index (χ2n) is 8.04. The zero-order chi connectivity index (χ0) is 24.1. The summed E-state index contributed by atoms with van der Waals surface area (Å²) in [6.07, 6.45) is 0. The van der Waals surface area contributed by atoms with Gasteiger partial charge in [-0.2, -0.15) is 0 Å². The number of aromatic amines is 1. The van der Waals surface area contributed by atoms with Crippen molar-refractivity contribution in [3.63, 3.8) is 0 Å². The number of benzene rings is 4. The van der Waals surface area contributed by atoms with Gasteiger partial charge in [0.15, 0.2) is 7.26 Å². The average molecular weight is 622 g/mol. The largest absolute Gasteiger partial charge is 0.303 e. The molecular weight excluding hydrogens is 594 g/mol. The van der Waals surface area contributed by atoms with E-state index in [1.807, 2.05) is 48.5 Å². The summed E-state index contributed by atoms with van der Waals surface area (Å²) in [5.41, 5.74) is 0.817. The summed E-state index contributed by atoms with van der Waals surface area (Å²) in [5, 5.41) is 4.95. The highest BCUT2D eigenvalue weighted by Crippen LogP contribution is 2.54. The van der Waals surface area contributed by atoms with Gasteiger partial charge in [-0.1, -0.05) is 91.9 Å². The number of rotatable bonds is 7. The predicted octanol–water partition coefficient (Wildman–Crippen LogP) is 5.79. The van der Waals surface area contributed by atoms with Gasteiger partial charge in [-0.05, 0) is 42.2 Å². The van der Waals surface area contributed by atoms with Crippen molar-refractivity contribution in [2.24, 2.45) is 0 Å². The van der Waals surface area contributed by atoms with Crippen molar-refractivity contribution >= 4 is 64.2 Å². The zero-order valence-corrected chi connectivity index (χ0v) is 23.9. The van der Waals surface area contributed by atoms with Crippen molar-refractivity contribution in [3.8, 4) is 11.4 Å². The van der Waals surface area contributed by atoms with E-state index in [1.165, 1.54) is 0 Å². The van der Waals surface area contributed by atoms with Gasteiger partial charge < -0.3 is 4.98 Å².